The molecule has 1 heterocycles. The van der Waals surface area contributed by atoms with Crippen LogP contribution in [0.15, 0.2) is 0 Å². The van der Waals surface area contributed by atoms with Gasteiger partial charge in [0.05, 0.1) is 0 Å². The fraction of sp³-hybridized carbons (Fsp3) is 1.00. The first-order valence-electron chi connectivity index (χ1n) is 1.63. The fourth-order valence-corrected chi connectivity index (χ4v) is 9.13. The maximum atomic E-state index is 4.96. The maximum absolute atomic E-state index is 4.96. The highest BCUT2D eigenvalue weighted by atomic mass is 32.5. The van der Waals surface area contributed by atoms with Gasteiger partial charge in [-0.25, -0.2) is 0 Å². The zero-order valence-electron chi connectivity index (χ0n) is 3.13. The maximum Gasteiger partial charge on any atom is 0.285 e. The van der Waals surface area contributed by atoms with Gasteiger partial charge >= 0.3 is 0 Å². The second-order valence-corrected chi connectivity index (χ2v) is 8.53. The third-order valence-electron chi connectivity index (χ3n) is 0.631. The minimum Gasteiger partial charge on any atom is 0.168 e. The SMILES string of the molecule is S=[P+]1C[P+](=S)C1. The molecule has 0 atom stereocenters. The molecule has 0 amide bonds. The number of rotatable bonds is 0. The lowest BCUT2D eigenvalue weighted by Crippen LogP contribution is -1.84. The van der Waals surface area contributed by atoms with Gasteiger partial charge in [0.1, 0.15) is 0 Å². The highest BCUT2D eigenvalue weighted by Crippen LogP contribution is 2.53. The summed E-state index contributed by atoms with van der Waals surface area (Å²) in [4.78, 5) is 0. The third-order valence-corrected chi connectivity index (χ3v) is 9.84. The molecule has 1 saturated heterocycles. The van der Waals surface area contributed by atoms with Gasteiger partial charge in [-0.05, 0) is 0 Å². The van der Waals surface area contributed by atoms with E-state index in [2.05, 4.69) is 0 Å². The summed E-state index contributed by atoms with van der Waals surface area (Å²) in [6, 6.07) is 0. The Morgan fingerprint density at radius 3 is 1.33 bits per heavy atom. The van der Waals surface area contributed by atoms with Crippen molar-refractivity contribution >= 4 is 37.0 Å². The van der Waals surface area contributed by atoms with Crippen LogP contribution in [0, 0.1) is 0 Å². The molecular formula is C2H4P2S2+2. The average molecular weight is 154 g/mol. The van der Waals surface area contributed by atoms with Crippen molar-refractivity contribution < 1.29 is 0 Å². The van der Waals surface area contributed by atoms with E-state index in [-0.39, 0.29) is 13.4 Å². The molecule has 0 bridgehead atoms. The summed E-state index contributed by atoms with van der Waals surface area (Å²) >= 11 is 9.92. The zero-order valence-corrected chi connectivity index (χ0v) is 6.55. The second-order valence-electron chi connectivity index (χ2n) is 1.25. The first-order valence-corrected chi connectivity index (χ1v) is 7.08. The van der Waals surface area contributed by atoms with Crippen LogP contribution >= 0.6 is 13.4 Å². The molecule has 1 rings (SSSR count). The quantitative estimate of drug-likeness (QED) is 0.488. The van der Waals surface area contributed by atoms with Crippen molar-refractivity contribution in [1.29, 1.82) is 0 Å². The van der Waals surface area contributed by atoms with Gasteiger partial charge in [0.15, 0.2) is 23.6 Å². The lowest BCUT2D eigenvalue weighted by molar-refractivity contribution is 1.94. The standard InChI is InChI=1S/C2H4P2S2/c5-3-1-4(6)2-3/h1-2H2/q+2. The third kappa shape index (κ3) is 1.01. The molecule has 0 N–H and O–H groups in total. The van der Waals surface area contributed by atoms with Crippen molar-refractivity contribution in [3.8, 4) is 0 Å². The molecule has 0 spiro atoms. The average Bonchev–Trinajstić information content (AvgIpc) is 1.33. The van der Waals surface area contributed by atoms with E-state index in [1.54, 1.807) is 0 Å². The van der Waals surface area contributed by atoms with Gasteiger partial charge in [0.2, 0.25) is 0 Å². The highest BCUT2D eigenvalue weighted by Gasteiger charge is 2.40. The van der Waals surface area contributed by atoms with Gasteiger partial charge in [0, 0.05) is 0 Å². The number of hydrogen-bond acceptors (Lipinski definition) is 2. The lowest BCUT2D eigenvalue weighted by Gasteiger charge is -1.85. The van der Waals surface area contributed by atoms with E-state index in [9.17, 15) is 0 Å². The van der Waals surface area contributed by atoms with Crippen molar-refractivity contribution in [2.24, 2.45) is 0 Å². The van der Waals surface area contributed by atoms with Crippen LogP contribution < -0.4 is 0 Å². The predicted octanol–water partition coefficient (Wildman–Crippen LogP) is 1.80. The first kappa shape index (κ1) is 5.18. The van der Waals surface area contributed by atoms with E-state index in [0.29, 0.717) is 0 Å². The van der Waals surface area contributed by atoms with E-state index in [4.69, 9.17) is 23.6 Å². The van der Waals surface area contributed by atoms with Gasteiger partial charge < -0.3 is 0 Å². The van der Waals surface area contributed by atoms with Gasteiger partial charge in [-0.3, -0.25) is 0 Å². The topological polar surface area (TPSA) is 0 Å². The molecule has 0 aromatic carbocycles. The Bertz CT molecular complexity index is 86.1. The second kappa shape index (κ2) is 1.88. The Balaban J connectivity index is 2.47. The molecule has 32 valence electrons. The van der Waals surface area contributed by atoms with Crippen LogP contribution in [-0.2, 0) is 23.6 Å². The summed E-state index contributed by atoms with van der Waals surface area (Å²) in [7, 11) is 0. The summed E-state index contributed by atoms with van der Waals surface area (Å²) in [6.07, 6.45) is 0. The van der Waals surface area contributed by atoms with E-state index >= 15 is 0 Å². The van der Waals surface area contributed by atoms with Gasteiger partial charge in [-0.1, -0.05) is 0 Å². The largest absolute Gasteiger partial charge is 0.285 e. The first-order chi connectivity index (χ1) is 2.79. The van der Waals surface area contributed by atoms with E-state index < -0.39 is 0 Å². The minimum absolute atomic E-state index is 0.0509. The summed E-state index contributed by atoms with van der Waals surface area (Å²) < 4.78 is 0. The summed E-state index contributed by atoms with van der Waals surface area (Å²) in [5.41, 5.74) is 0. The smallest absolute Gasteiger partial charge is 0.168 e. The molecule has 1 aliphatic rings. The molecule has 1 aliphatic heterocycles. The Hall–Kier alpha value is 1.04. The molecule has 0 nitrogen and oxygen atoms in total. The molecule has 0 aromatic rings. The van der Waals surface area contributed by atoms with Crippen LogP contribution in [0.25, 0.3) is 0 Å². The van der Waals surface area contributed by atoms with Crippen LogP contribution in [0.3, 0.4) is 0 Å². The summed E-state index contributed by atoms with van der Waals surface area (Å²) in [5.74, 6) is 2.46. The monoisotopic (exact) mass is 154 g/mol. The molecule has 6 heavy (non-hydrogen) atoms. The molecule has 0 radical (unpaired) electrons. The Morgan fingerprint density at radius 2 is 1.33 bits per heavy atom. The van der Waals surface area contributed by atoms with E-state index in [1.807, 2.05) is 0 Å². The van der Waals surface area contributed by atoms with Gasteiger partial charge in [-0.15, -0.1) is 0 Å². The van der Waals surface area contributed by atoms with Crippen LogP contribution in [0.4, 0.5) is 0 Å². The van der Waals surface area contributed by atoms with Crippen LogP contribution in [0.2, 0.25) is 0 Å². The fourth-order valence-electron chi connectivity index (χ4n) is 0.310. The number of hydrogen-bond donors (Lipinski definition) is 0. The predicted molar refractivity (Wildman–Crippen MR) is 38.3 cm³/mol. The zero-order chi connectivity index (χ0) is 4.57. The molecular weight excluding hydrogens is 150 g/mol. The van der Waals surface area contributed by atoms with E-state index in [1.165, 1.54) is 11.8 Å². The lowest BCUT2D eigenvalue weighted by atomic mass is 11.8. The Morgan fingerprint density at radius 1 is 1.00 bits per heavy atom. The van der Waals surface area contributed by atoms with Crippen LogP contribution in [0.5, 0.6) is 0 Å². The van der Waals surface area contributed by atoms with Crippen LogP contribution in [-0.4, -0.2) is 11.8 Å². The molecule has 0 unspecified atom stereocenters. The van der Waals surface area contributed by atoms with E-state index in [0.717, 1.165) is 0 Å². The molecule has 0 aromatic heterocycles. The van der Waals surface area contributed by atoms with Crippen molar-refractivity contribution in [1.82, 2.24) is 0 Å². The molecule has 1 fully saturated rings. The minimum atomic E-state index is 0.0509. The summed E-state index contributed by atoms with van der Waals surface area (Å²) in [5, 5.41) is 0. The summed E-state index contributed by atoms with van der Waals surface area (Å²) in [6.45, 7) is 0.102. The molecule has 0 aliphatic carbocycles. The van der Waals surface area contributed by atoms with Crippen molar-refractivity contribution in [3.63, 3.8) is 0 Å². The normalized spacial score (nSPS) is 32.7. The Kier molecular flexibility index (Phi) is 1.62. The van der Waals surface area contributed by atoms with Gasteiger partial charge in [-0.2, -0.15) is 0 Å². The molecule has 0 saturated carbocycles. The highest BCUT2D eigenvalue weighted by molar-refractivity contribution is 8.23. The van der Waals surface area contributed by atoms with Crippen molar-refractivity contribution in [3.05, 3.63) is 0 Å². The Labute approximate surface area is 49.2 Å². The van der Waals surface area contributed by atoms with Crippen molar-refractivity contribution in [2.45, 2.75) is 0 Å². The van der Waals surface area contributed by atoms with Crippen molar-refractivity contribution in [2.75, 3.05) is 11.8 Å². The molecule has 4 heteroatoms. The van der Waals surface area contributed by atoms with Crippen LogP contribution in [0.1, 0.15) is 0 Å². The van der Waals surface area contributed by atoms with Gasteiger partial charge in [0.25, 0.3) is 25.2 Å².